The number of carbonyl (C=O) groups excluding carboxylic acids is 2. The van der Waals surface area contributed by atoms with Crippen molar-refractivity contribution < 1.29 is 9.59 Å². The molecule has 1 N–H and O–H groups in total. The van der Waals surface area contributed by atoms with Crippen LogP contribution in [0.15, 0.2) is 30.5 Å². The van der Waals surface area contributed by atoms with E-state index in [-0.39, 0.29) is 30.9 Å². The van der Waals surface area contributed by atoms with E-state index in [1.54, 1.807) is 0 Å². The van der Waals surface area contributed by atoms with Gasteiger partial charge < -0.3 is 15.1 Å². The Bertz CT molecular complexity index is 965. The van der Waals surface area contributed by atoms with Crippen LogP contribution in [0.4, 0.5) is 5.95 Å². The number of rotatable bonds is 5. The molecule has 31 heavy (non-hydrogen) atoms. The number of piperazine rings is 1. The first-order valence-electron chi connectivity index (χ1n) is 10.5. The van der Waals surface area contributed by atoms with Crippen LogP contribution in [0.3, 0.4) is 0 Å². The highest BCUT2D eigenvalue weighted by Crippen LogP contribution is 2.37. The number of nitrogens with one attached hydrogen (secondary N) is 1. The van der Waals surface area contributed by atoms with Gasteiger partial charge in [0.15, 0.2) is 0 Å². The third-order valence-electron chi connectivity index (χ3n) is 5.73. The fraction of sp³-hybridized carbons (Fsp3) is 0.455. The summed E-state index contributed by atoms with van der Waals surface area (Å²) in [6, 6.07) is 7.47. The maximum absolute atomic E-state index is 13.2. The normalized spacial score (nSPS) is 19.4. The first-order valence-corrected chi connectivity index (χ1v) is 10.9. The molecule has 0 spiro atoms. The second-order valence-electron chi connectivity index (χ2n) is 8.18. The van der Waals surface area contributed by atoms with Crippen LogP contribution in [-0.4, -0.2) is 78.4 Å². The molecular formula is C22H27ClN6O2. The summed E-state index contributed by atoms with van der Waals surface area (Å²) in [5.74, 6) is 0.609. The van der Waals surface area contributed by atoms with Crippen LogP contribution >= 0.6 is 11.6 Å². The first-order chi connectivity index (χ1) is 14.9. The van der Waals surface area contributed by atoms with E-state index in [2.05, 4.69) is 10.3 Å². The number of benzene rings is 1. The molecule has 0 aliphatic carbocycles. The number of likely N-dealkylation sites (tertiary alicyclic amines) is 1. The third-order valence-corrected chi connectivity index (χ3v) is 5.98. The van der Waals surface area contributed by atoms with Crippen molar-refractivity contribution in [3.63, 3.8) is 0 Å². The Morgan fingerprint density at radius 1 is 1.26 bits per heavy atom. The van der Waals surface area contributed by atoms with Gasteiger partial charge in [-0.2, -0.15) is 0 Å². The lowest BCUT2D eigenvalue weighted by molar-refractivity contribution is -0.134. The molecule has 2 aromatic rings. The van der Waals surface area contributed by atoms with Crippen molar-refractivity contribution in [3.05, 3.63) is 41.2 Å². The molecule has 2 fully saturated rings. The first kappa shape index (κ1) is 21.5. The molecule has 8 nitrogen and oxygen atoms in total. The summed E-state index contributed by atoms with van der Waals surface area (Å²) in [5.41, 5.74) is 2.73. The van der Waals surface area contributed by atoms with E-state index in [0.717, 1.165) is 29.7 Å². The van der Waals surface area contributed by atoms with Gasteiger partial charge in [0.25, 0.3) is 0 Å². The average Bonchev–Trinajstić information content (AvgIpc) is 3.24. The molecule has 4 rings (SSSR count). The fourth-order valence-electron chi connectivity index (χ4n) is 4.16. The lowest BCUT2D eigenvalue weighted by Crippen LogP contribution is -2.51. The van der Waals surface area contributed by atoms with E-state index in [1.807, 2.05) is 59.3 Å². The van der Waals surface area contributed by atoms with Crippen LogP contribution < -0.4 is 10.2 Å². The van der Waals surface area contributed by atoms with Crippen molar-refractivity contribution in [3.8, 4) is 11.1 Å². The van der Waals surface area contributed by atoms with Gasteiger partial charge in [0.2, 0.25) is 17.8 Å². The van der Waals surface area contributed by atoms with Crippen LogP contribution in [0.5, 0.6) is 0 Å². The van der Waals surface area contributed by atoms with Crippen molar-refractivity contribution in [1.82, 2.24) is 25.1 Å². The number of halogens is 1. The van der Waals surface area contributed by atoms with Gasteiger partial charge >= 0.3 is 0 Å². The molecule has 0 unspecified atom stereocenters. The van der Waals surface area contributed by atoms with Gasteiger partial charge in [0.05, 0.1) is 24.8 Å². The van der Waals surface area contributed by atoms with Crippen LogP contribution in [0, 0.1) is 0 Å². The summed E-state index contributed by atoms with van der Waals surface area (Å²) in [5, 5.41) is 3.47. The molecule has 2 saturated heterocycles. The highest BCUT2D eigenvalue weighted by molar-refractivity contribution is 6.30. The van der Waals surface area contributed by atoms with Crippen molar-refractivity contribution in [1.29, 1.82) is 0 Å². The van der Waals surface area contributed by atoms with Crippen molar-refractivity contribution in [2.45, 2.75) is 18.9 Å². The number of hydrogen-bond donors (Lipinski definition) is 1. The Morgan fingerprint density at radius 3 is 2.74 bits per heavy atom. The Kier molecular flexibility index (Phi) is 6.38. The number of amides is 2. The topological polar surface area (TPSA) is 81.7 Å². The van der Waals surface area contributed by atoms with Crippen molar-refractivity contribution in [2.24, 2.45) is 0 Å². The Labute approximate surface area is 187 Å². The van der Waals surface area contributed by atoms with Gasteiger partial charge in [-0.1, -0.05) is 23.7 Å². The minimum absolute atomic E-state index is 0.0317. The molecule has 1 atom stereocenters. The molecule has 3 heterocycles. The van der Waals surface area contributed by atoms with Gasteiger partial charge in [0, 0.05) is 50.5 Å². The summed E-state index contributed by atoms with van der Waals surface area (Å²) in [6.07, 6.45) is 3.59. The predicted octanol–water partition coefficient (Wildman–Crippen LogP) is 1.96. The standard InChI is InChI=1S/C22H27ClN6O2/c1-27(2)22-25-12-17(15-5-7-16(23)8-6-15)21(26-22)18-4-3-10-29(18)20(31)14-28-11-9-24-19(30)13-28/h5-8,12,18H,3-4,9-11,13-14H2,1-2H3,(H,24,30)/t18-/m1/s1. The average molecular weight is 443 g/mol. The zero-order valence-electron chi connectivity index (χ0n) is 17.8. The molecule has 2 aliphatic rings. The molecule has 164 valence electrons. The smallest absolute Gasteiger partial charge is 0.237 e. The maximum atomic E-state index is 13.2. The number of carbonyl (C=O) groups is 2. The van der Waals surface area contributed by atoms with Crippen molar-refractivity contribution in [2.75, 3.05) is 51.7 Å². The lowest BCUT2D eigenvalue weighted by atomic mass is 10.00. The Hall–Kier alpha value is -2.71. The second-order valence-corrected chi connectivity index (χ2v) is 8.61. The van der Waals surface area contributed by atoms with Crippen LogP contribution in [0.1, 0.15) is 24.6 Å². The van der Waals surface area contributed by atoms with E-state index in [4.69, 9.17) is 16.6 Å². The minimum atomic E-state index is -0.126. The number of nitrogens with zero attached hydrogens (tertiary/aromatic N) is 5. The SMILES string of the molecule is CN(C)c1ncc(-c2ccc(Cl)cc2)c([C@H]2CCCN2C(=O)CN2CCNC(=O)C2)n1. The van der Waals surface area contributed by atoms with E-state index < -0.39 is 0 Å². The summed E-state index contributed by atoms with van der Waals surface area (Å²) in [7, 11) is 3.81. The Balaban J connectivity index is 1.64. The summed E-state index contributed by atoms with van der Waals surface area (Å²) in [6.45, 7) is 2.45. The van der Waals surface area contributed by atoms with Gasteiger partial charge in [-0.05, 0) is 30.5 Å². The van der Waals surface area contributed by atoms with Gasteiger partial charge in [-0.15, -0.1) is 0 Å². The van der Waals surface area contributed by atoms with Gasteiger partial charge in [0.1, 0.15) is 0 Å². The van der Waals surface area contributed by atoms with Crippen LogP contribution in [0.25, 0.3) is 11.1 Å². The lowest BCUT2D eigenvalue weighted by Gasteiger charge is -2.31. The highest BCUT2D eigenvalue weighted by atomic mass is 35.5. The summed E-state index contributed by atoms with van der Waals surface area (Å²) >= 11 is 6.08. The highest BCUT2D eigenvalue weighted by Gasteiger charge is 2.34. The molecule has 1 aromatic carbocycles. The summed E-state index contributed by atoms with van der Waals surface area (Å²) < 4.78 is 0. The predicted molar refractivity (Wildman–Crippen MR) is 120 cm³/mol. The third kappa shape index (κ3) is 4.80. The summed E-state index contributed by atoms with van der Waals surface area (Å²) in [4.78, 5) is 39.9. The number of aromatic nitrogens is 2. The number of anilines is 1. The van der Waals surface area contributed by atoms with Gasteiger partial charge in [-0.3, -0.25) is 14.5 Å². The van der Waals surface area contributed by atoms with Crippen LogP contribution in [0.2, 0.25) is 5.02 Å². The second kappa shape index (κ2) is 9.20. The van der Waals surface area contributed by atoms with Gasteiger partial charge in [-0.25, -0.2) is 9.97 Å². The van der Waals surface area contributed by atoms with E-state index in [9.17, 15) is 9.59 Å². The molecule has 2 aliphatic heterocycles. The Morgan fingerprint density at radius 2 is 2.03 bits per heavy atom. The number of hydrogen-bond acceptors (Lipinski definition) is 6. The largest absolute Gasteiger partial charge is 0.354 e. The molecular weight excluding hydrogens is 416 g/mol. The zero-order chi connectivity index (χ0) is 22.0. The molecule has 1 aromatic heterocycles. The molecule has 0 saturated carbocycles. The molecule has 0 bridgehead atoms. The quantitative estimate of drug-likeness (QED) is 0.762. The van der Waals surface area contributed by atoms with E-state index in [1.165, 1.54) is 0 Å². The van der Waals surface area contributed by atoms with Crippen LogP contribution in [-0.2, 0) is 9.59 Å². The van der Waals surface area contributed by atoms with Crippen molar-refractivity contribution >= 4 is 29.4 Å². The minimum Gasteiger partial charge on any atom is -0.354 e. The maximum Gasteiger partial charge on any atom is 0.237 e. The molecule has 2 amide bonds. The van der Waals surface area contributed by atoms with E-state index in [0.29, 0.717) is 30.6 Å². The monoisotopic (exact) mass is 442 g/mol. The van der Waals surface area contributed by atoms with E-state index >= 15 is 0 Å². The molecule has 9 heteroatoms. The fourth-order valence-corrected chi connectivity index (χ4v) is 4.29. The molecule has 0 radical (unpaired) electrons. The zero-order valence-corrected chi connectivity index (χ0v) is 18.6.